The van der Waals surface area contributed by atoms with Gasteiger partial charge < -0.3 is 20.7 Å². The summed E-state index contributed by atoms with van der Waals surface area (Å²) < 4.78 is 5.09. The second-order valence-electron chi connectivity index (χ2n) is 5.17. The van der Waals surface area contributed by atoms with Crippen LogP contribution in [0.15, 0.2) is 24.3 Å². The summed E-state index contributed by atoms with van der Waals surface area (Å²) in [5, 5.41) is 2.88. The molecule has 0 saturated carbocycles. The lowest BCUT2D eigenvalue weighted by Gasteiger charge is -2.30. The van der Waals surface area contributed by atoms with Gasteiger partial charge in [-0.25, -0.2) is 4.79 Å². The number of carbonyl (C=O) groups excluding carboxylic acids is 2. The molecule has 1 heterocycles. The van der Waals surface area contributed by atoms with Crippen LogP contribution in [0.5, 0.6) is 5.75 Å². The number of urea groups is 1. The van der Waals surface area contributed by atoms with Crippen LogP contribution < -0.4 is 15.8 Å². The van der Waals surface area contributed by atoms with Crippen molar-refractivity contribution in [3.8, 4) is 5.75 Å². The average Bonchev–Trinajstić information content (AvgIpc) is 2.53. The van der Waals surface area contributed by atoms with Crippen molar-refractivity contribution in [1.29, 1.82) is 0 Å². The van der Waals surface area contributed by atoms with E-state index in [-0.39, 0.29) is 17.9 Å². The predicted molar refractivity (Wildman–Crippen MR) is 78.7 cm³/mol. The summed E-state index contributed by atoms with van der Waals surface area (Å²) in [5.41, 5.74) is 6.29. The van der Waals surface area contributed by atoms with Crippen LogP contribution in [0.2, 0.25) is 0 Å². The third-order valence-electron chi connectivity index (χ3n) is 3.79. The van der Waals surface area contributed by atoms with E-state index < -0.39 is 0 Å². The Morgan fingerprint density at radius 2 is 1.90 bits per heavy atom. The van der Waals surface area contributed by atoms with Crippen LogP contribution >= 0.6 is 0 Å². The first-order valence-corrected chi connectivity index (χ1v) is 7.05. The number of rotatable bonds is 4. The van der Waals surface area contributed by atoms with Crippen LogP contribution in [0.4, 0.5) is 4.79 Å². The lowest BCUT2D eigenvalue weighted by Crippen LogP contribution is -2.46. The molecule has 3 N–H and O–H groups in total. The van der Waals surface area contributed by atoms with E-state index in [4.69, 9.17) is 10.5 Å². The number of nitrogens with zero attached hydrogens (tertiary/aromatic N) is 1. The van der Waals surface area contributed by atoms with Crippen LogP contribution in [-0.2, 0) is 11.3 Å². The zero-order valence-corrected chi connectivity index (χ0v) is 12.2. The highest BCUT2D eigenvalue weighted by Crippen LogP contribution is 2.16. The molecule has 1 saturated heterocycles. The highest BCUT2D eigenvalue weighted by molar-refractivity contribution is 5.78. The Labute approximate surface area is 124 Å². The number of nitrogens with one attached hydrogen (secondary N) is 1. The molecule has 1 aromatic rings. The molecule has 0 atom stereocenters. The molecule has 0 aliphatic carbocycles. The fraction of sp³-hybridized carbons (Fsp3) is 0.467. The second kappa shape index (κ2) is 6.97. The number of amides is 3. The number of nitrogens with two attached hydrogens (primary N) is 1. The summed E-state index contributed by atoms with van der Waals surface area (Å²) in [7, 11) is 1.62. The summed E-state index contributed by atoms with van der Waals surface area (Å²) in [6, 6.07) is 7.45. The lowest BCUT2D eigenvalue weighted by molar-refractivity contribution is -0.123. The topological polar surface area (TPSA) is 84.7 Å². The van der Waals surface area contributed by atoms with Gasteiger partial charge in [0.1, 0.15) is 5.75 Å². The van der Waals surface area contributed by atoms with Gasteiger partial charge in [-0.05, 0) is 30.5 Å². The van der Waals surface area contributed by atoms with Gasteiger partial charge in [0.05, 0.1) is 7.11 Å². The zero-order valence-electron chi connectivity index (χ0n) is 12.2. The number of likely N-dealkylation sites (tertiary alicyclic amines) is 1. The maximum Gasteiger partial charge on any atom is 0.317 e. The maximum absolute atomic E-state index is 12.0. The van der Waals surface area contributed by atoms with Crippen molar-refractivity contribution < 1.29 is 14.3 Å². The lowest BCUT2D eigenvalue weighted by atomic mass is 9.96. The molecule has 1 aliphatic rings. The first-order chi connectivity index (χ1) is 10.1. The monoisotopic (exact) mass is 291 g/mol. The molecule has 2 rings (SSSR count). The Bertz CT molecular complexity index is 493. The van der Waals surface area contributed by atoms with Crippen molar-refractivity contribution in [2.24, 2.45) is 11.7 Å². The van der Waals surface area contributed by atoms with E-state index in [9.17, 15) is 9.59 Å². The average molecular weight is 291 g/mol. The molecule has 0 radical (unpaired) electrons. The Morgan fingerprint density at radius 3 is 2.43 bits per heavy atom. The standard InChI is InChI=1S/C15H21N3O3/c1-21-13-4-2-11(3-5-13)10-17-15(20)18-8-6-12(7-9-18)14(16)19/h2-5,12H,6-10H2,1H3,(H2,16,19)(H,17,20). The molecule has 0 bridgehead atoms. The van der Waals surface area contributed by atoms with E-state index in [1.54, 1.807) is 12.0 Å². The first kappa shape index (κ1) is 15.2. The number of piperidine rings is 1. The van der Waals surface area contributed by atoms with E-state index in [2.05, 4.69) is 5.32 Å². The zero-order chi connectivity index (χ0) is 15.2. The molecule has 6 nitrogen and oxygen atoms in total. The largest absolute Gasteiger partial charge is 0.497 e. The summed E-state index contributed by atoms with van der Waals surface area (Å²) >= 11 is 0. The van der Waals surface area contributed by atoms with Crippen LogP contribution in [0, 0.1) is 5.92 Å². The Kier molecular flexibility index (Phi) is 5.03. The summed E-state index contributed by atoms with van der Waals surface area (Å²) in [5.74, 6) is 0.419. The normalized spacial score (nSPS) is 15.6. The molecule has 1 aromatic carbocycles. The number of primary amides is 1. The fourth-order valence-corrected chi connectivity index (χ4v) is 2.40. The van der Waals surface area contributed by atoms with Crippen molar-refractivity contribution >= 4 is 11.9 Å². The molecule has 1 aliphatic heterocycles. The molecule has 0 spiro atoms. The summed E-state index contributed by atoms with van der Waals surface area (Å²) in [6.45, 7) is 1.61. The Balaban J connectivity index is 1.78. The number of carbonyl (C=O) groups is 2. The van der Waals surface area contributed by atoms with E-state index >= 15 is 0 Å². The quantitative estimate of drug-likeness (QED) is 0.871. The van der Waals surface area contributed by atoms with Gasteiger partial charge in [0, 0.05) is 25.6 Å². The molecular weight excluding hydrogens is 270 g/mol. The number of hydrogen-bond acceptors (Lipinski definition) is 3. The molecule has 0 aromatic heterocycles. The van der Waals surface area contributed by atoms with Gasteiger partial charge in [-0.2, -0.15) is 0 Å². The molecular formula is C15H21N3O3. The number of ether oxygens (including phenoxy) is 1. The van der Waals surface area contributed by atoms with Gasteiger partial charge in [0.25, 0.3) is 0 Å². The molecule has 6 heteroatoms. The van der Waals surface area contributed by atoms with Crippen LogP contribution in [0.1, 0.15) is 18.4 Å². The van der Waals surface area contributed by atoms with Crippen LogP contribution in [0.3, 0.4) is 0 Å². The predicted octanol–water partition coefficient (Wildman–Crippen LogP) is 1.10. The third-order valence-corrected chi connectivity index (χ3v) is 3.79. The fourth-order valence-electron chi connectivity index (χ4n) is 2.40. The van der Waals surface area contributed by atoms with E-state index in [0.29, 0.717) is 32.5 Å². The van der Waals surface area contributed by atoms with Gasteiger partial charge in [-0.15, -0.1) is 0 Å². The van der Waals surface area contributed by atoms with E-state index in [1.165, 1.54) is 0 Å². The molecule has 3 amide bonds. The van der Waals surface area contributed by atoms with E-state index in [0.717, 1.165) is 11.3 Å². The molecule has 1 fully saturated rings. The minimum absolute atomic E-state index is 0.101. The smallest absolute Gasteiger partial charge is 0.317 e. The van der Waals surface area contributed by atoms with Crippen molar-refractivity contribution in [3.63, 3.8) is 0 Å². The van der Waals surface area contributed by atoms with Gasteiger partial charge >= 0.3 is 6.03 Å². The van der Waals surface area contributed by atoms with Crippen molar-refractivity contribution in [1.82, 2.24) is 10.2 Å². The number of methoxy groups -OCH3 is 1. The molecule has 114 valence electrons. The number of benzene rings is 1. The maximum atomic E-state index is 12.0. The van der Waals surface area contributed by atoms with E-state index in [1.807, 2.05) is 24.3 Å². The second-order valence-corrected chi connectivity index (χ2v) is 5.17. The Hall–Kier alpha value is -2.24. The van der Waals surface area contributed by atoms with Crippen molar-refractivity contribution in [2.45, 2.75) is 19.4 Å². The van der Waals surface area contributed by atoms with Crippen LogP contribution in [-0.4, -0.2) is 37.0 Å². The van der Waals surface area contributed by atoms with Gasteiger partial charge in [-0.3, -0.25) is 4.79 Å². The number of hydrogen-bond donors (Lipinski definition) is 2. The van der Waals surface area contributed by atoms with Gasteiger partial charge in [0.15, 0.2) is 0 Å². The van der Waals surface area contributed by atoms with Crippen molar-refractivity contribution in [2.75, 3.05) is 20.2 Å². The first-order valence-electron chi connectivity index (χ1n) is 7.05. The summed E-state index contributed by atoms with van der Waals surface area (Å²) in [4.78, 5) is 24.9. The van der Waals surface area contributed by atoms with Crippen molar-refractivity contribution in [3.05, 3.63) is 29.8 Å². The third kappa shape index (κ3) is 4.11. The Morgan fingerprint density at radius 1 is 1.29 bits per heavy atom. The van der Waals surface area contributed by atoms with Gasteiger partial charge in [0.2, 0.25) is 5.91 Å². The highest BCUT2D eigenvalue weighted by atomic mass is 16.5. The summed E-state index contributed by atoms with van der Waals surface area (Å²) in [6.07, 6.45) is 1.29. The molecule has 21 heavy (non-hydrogen) atoms. The van der Waals surface area contributed by atoms with Crippen LogP contribution in [0.25, 0.3) is 0 Å². The minimum atomic E-state index is -0.270. The molecule has 0 unspecified atom stereocenters. The van der Waals surface area contributed by atoms with Gasteiger partial charge in [-0.1, -0.05) is 12.1 Å². The highest BCUT2D eigenvalue weighted by Gasteiger charge is 2.25. The SMILES string of the molecule is COc1ccc(CNC(=O)N2CCC(C(N)=O)CC2)cc1. The minimum Gasteiger partial charge on any atom is -0.497 e.